The van der Waals surface area contributed by atoms with Gasteiger partial charge < -0.3 is 24.5 Å². The third-order valence-corrected chi connectivity index (χ3v) is 9.87. The summed E-state index contributed by atoms with van der Waals surface area (Å²) in [7, 11) is 0. The Labute approximate surface area is 250 Å². The van der Waals surface area contributed by atoms with Gasteiger partial charge in [-0.3, -0.25) is 14.4 Å². The van der Waals surface area contributed by atoms with E-state index in [9.17, 15) is 19.5 Å². The zero-order chi connectivity index (χ0) is 30.0. The highest BCUT2D eigenvalue weighted by atomic mass is 16.5. The van der Waals surface area contributed by atoms with Crippen molar-refractivity contribution in [2.75, 3.05) is 24.6 Å². The van der Waals surface area contributed by atoms with Gasteiger partial charge >= 0.3 is 0 Å². The molecular weight excluding hydrogens is 530 g/mol. The predicted octanol–water partition coefficient (Wildman–Crippen LogP) is 4.33. The van der Waals surface area contributed by atoms with Gasteiger partial charge in [0, 0.05) is 24.8 Å². The molecule has 3 amide bonds. The van der Waals surface area contributed by atoms with Crippen molar-refractivity contribution in [3.05, 3.63) is 55.6 Å². The first-order valence-corrected chi connectivity index (χ1v) is 15.8. The molecule has 1 aliphatic carbocycles. The molecule has 1 aromatic carbocycles. The number of aliphatic hydroxyl groups is 1. The van der Waals surface area contributed by atoms with E-state index in [4.69, 9.17) is 4.74 Å². The molecule has 1 N–H and O–H groups in total. The van der Waals surface area contributed by atoms with Gasteiger partial charge in [-0.25, -0.2) is 0 Å². The molecule has 3 heterocycles. The molecule has 1 spiro atoms. The first-order chi connectivity index (χ1) is 20.3. The van der Waals surface area contributed by atoms with Crippen molar-refractivity contribution in [2.24, 2.45) is 17.8 Å². The number of carbonyl (C=O) groups is 3. The lowest BCUT2D eigenvalue weighted by Crippen LogP contribution is -2.60. The van der Waals surface area contributed by atoms with Gasteiger partial charge in [-0.2, -0.15) is 0 Å². The molecule has 2 unspecified atom stereocenters. The third-order valence-electron chi connectivity index (χ3n) is 9.87. The average Bonchev–Trinajstić information content (AvgIpc) is 3.65. The second kappa shape index (κ2) is 12.7. The van der Waals surface area contributed by atoms with Crippen LogP contribution in [-0.2, 0) is 19.1 Å². The Morgan fingerprint density at radius 1 is 1.07 bits per heavy atom. The number of carbonyl (C=O) groups excluding carboxylic acids is 3. The quantitative estimate of drug-likeness (QED) is 0.374. The second-order valence-electron chi connectivity index (χ2n) is 12.9. The van der Waals surface area contributed by atoms with Crippen molar-refractivity contribution in [2.45, 2.75) is 95.0 Å². The van der Waals surface area contributed by atoms with Crippen LogP contribution in [0.5, 0.6) is 0 Å². The van der Waals surface area contributed by atoms with Crippen molar-refractivity contribution in [1.82, 2.24) is 9.80 Å². The zero-order valence-electron chi connectivity index (χ0n) is 25.2. The number of amides is 3. The number of aliphatic hydroxyl groups excluding tert-OH is 1. The van der Waals surface area contributed by atoms with Crippen molar-refractivity contribution in [3.8, 4) is 0 Å². The predicted molar refractivity (Wildman–Crippen MR) is 163 cm³/mol. The highest BCUT2D eigenvalue weighted by Gasteiger charge is 2.75. The molecule has 0 radical (unpaired) electrons. The molecule has 1 saturated carbocycles. The van der Waals surface area contributed by atoms with Gasteiger partial charge in [-0.1, -0.05) is 63.5 Å². The van der Waals surface area contributed by atoms with E-state index in [0.29, 0.717) is 32.4 Å². The first kappa shape index (κ1) is 30.5. The summed E-state index contributed by atoms with van der Waals surface area (Å²) in [6, 6.07) is 8.06. The third kappa shape index (κ3) is 5.21. The SMILES string of the molecule is C=CCN(C(=O)[C@@H]1[C@H]2C(=O)N([C@@H](CO)CC(C)C)C(C(=O)N(CC=C)C3CCCCC3)C23CC[C@H]1O3)c1ccccc1. The maximum atomic E-state index is 14.8. The van der Waals surface area contributed by atoms with Crippen LogP contribution in [0.15, 0.2) is 55.6 Å². The second-order valence-corrected chi connectivity index (χ2v) is 12.9. The van der Waals surface area contributed by atoms with Crippen LogP contribution in [0.3, 0.4) is 0 Å². The number of hydrogen-bond donors (Lipinski definition) is 1. The summed E-state index contributed by atoms with van der Waals surface area (Å²) >= 11 is 0. The molecule has 2 bridgehead atoms. The maximum Gasteiger partial charge on any atom is 0.248 e. The van der Waals surface area contributed by atoms with Crippen molar-refractivity contribution < 1.29 is 24.2 Å². The van der Waals surface area contributed by atoms with Crippen molar-refractivity contribution in [1.29, 1.82) is 0 Å². The fraction of sp³-hybridized carbons (Fsp3) is 0.618. The summed E-state index contributed by atoms with van der Waals surface area (Å²) in [6.45, 7) is 12.3. The lowest BCUT2D eigenvalue weighted by atomic mass is 9.70. The molecule has 42 heavy (non-hydrogen) atoms. The number of ether oxygens (including phenoxy) is 1. The van der Waals surface area contributed by atoms with E-state index in [-0.39, 0.29) is 36.3 Å². The van der Waals surface area contributed by atoms with Gasteiger partial charge in [-0.15, -0.1) is 13.2 Å². The monoisotopic (exact) mass is 577 g/mol. The zero-order valence-corrected chi connectivity index (χ0v) is 25.2. The molecule has 4 fully saturated rings. The molecule has 6 atom stereocenters. The lowest BCUT2D eigenvalue weighted by molar-refractivity contribution is -0.153. The number of likely N-dealkylation sites (tertiary alicyclic amines) is 1. The van der Waals surface area contributed by atoms with Crippen molar-refractivity contribution >= 4 is 23.4 Å². The van der Waals surface area contributed by atoms with Gasteiger partial charge in [0.1, 0.15) is 11.6 Å². The smallest absolute Gasteiger partial charge is 0.248 e. The van der Waals surface area contributed by atoms with Crippen LogP contribution in [0.1, 0.15) is 65.2 Å². The molecule has 228 valence electrons. The highest BCUT2D eigenvalue weighted by Crippen LogP contribution is 2.59. The van der Waals surface area contributed by atoms with Gasteiger partial charge in [-0.05, 0) is 50.2 Å². The highest BCUT2D eigenvalue weighted by molar-refractivity contribution is 6.03. The van der Waals surface area contributed by atoms with E-state index in [1.54, 1.807) is 22.0 Å². The summed E-state index contributed by atoms with van der Waals surface area (Å²) in [5.74, 6) is -1.87. The molecule has 8 heteroatoms. The van der Waals surface area contributed by atoms with Crippen LogP contribution in [0, 0.1) is 17.8 Å². The molecule has 4 aliphatic rings. The number of para-hydroxylation sites is 1. The lowest BCUT2D eigenvalue weighted by Gasteiger charge is -2.42. The van der Waals surface area contributed by atoms with E-state index in [0.717, 1.165) is 37.8 Å². The summed E-state index contributed by atoms with van der Waals surface area (Å²) < 4.78 is 6.74. The molecule has 5 rings (SSSR count). The summed E-state index contributed by atoms with van der Waals surface area (Å²) in [4.78, 5) is 49.0. The Balaban J connectivity index is 1.57. The Morgan fingerprint density at radius 2 is 1.76 bits per heavy atom. The number of benzene rings is 1. The van der Waals surface area contributed by atoms with Crippen LogP contribution in [0.25, 0.3) is 0 Å². The summed E-state index contributed by atoms with van der Waals surface area (Å²) in [5.41, 5.74) is -0.370. The number of rotatable bonds is 12. The minimum absolute atomic E-state index is 0.0755. The molecule has 3 saturated heterocycles. The van der Waals surface area contributed by atoms with Crippen LogP contribution in [0.2, 0.25) is 0 Å². The van der Waals surface area contributed by atoms with Crippen LogP contribution >= 0.6 is 0 Å². The Kier molecular flexibility index (Phi) is 9.23. The van der Waals surface area contributed by atoms with E-state index in [1.807, 2.05) is 49.1 Å². The number of fused-ring (bicyclic) bond motifs is 1. The fourth-order valence-corrected chi connectivity index (χ4v) is 8.21. The number of hydrogen-bond acceptors (Lipinski definition) is 5. The van der Waals surface area contributed by atoms with Crippen LogP contribution in [0.4, 0.5) is 5.69 Å². The van der Waals surface area contributed by atoms with Crippen molar-refractivity contribution in [3.63, 3.8) is 0 Å². The normalized spacial score (nSPS) is 29.4. The van der Waals surface area contributed by atoms with E-state index >= 15 is 0 Å². The van der Waals surface area contributed by atoms with Crippen LogP contribution in [-0.4, -0.2) is 82.2 Å². The summed E-state index contributed by atoms with van der Waals surface area (Å²) in [5, 5.41) is 10.6. The Bertz CT molecular complexity index is 1160. The average molecular weight is 578 g/mol. The maximum absolute atomic E-state index is 14.8. The van der Waals surface area contributed by atoms with Gasteiger partial charge in [0.2, 0.25) is 17.7 Å². The minimum atomic E-state index is -1.10. The van der Waals surface area contributed by atoms with E-state index in [2.05, 4.69) is 13.2 Å². The molecule has 0 aromatic heterocycles. The topological polar surface area (TPSA) is 90.4 Å². The molecular formula is C34H47N3O5. The molecule has 3 aliphatic heterocycles. The van der Waals surface area contributed by atoms with E-state index < -0.39 is 35.6 Å². The van der Waals surface area contributed by atoms with E-state index in [1.165, 1.54) is 0 Å². The first-order valence-electron chi connectivity index (χ1n) is 15.8. The van der Waals surface area contributed by atoms with Gasteiger partial charge in [0.25, 0.3) is 0 Å². The number of nitrogens with zero attached hydrogens (tertiary/aromatic N) is 3. The summed E-state index contributed by atoms with van der Waals surface area (Å²) in [6.07, 6.45) is 9.81. The standard InChI is InChI=1S/C34H47N3O5/c1-5-19-35(24-13-9-7-10-14-24)31(39)28-27-17-18-34(42-27)29(28)32(40)37(26(22-38)21-23(3)4)30(34)33(41)36(20-6-2)25-15-11-8-12-16-25/h5-7,9-10,13-14,23,25-30,38H,1-2,8,11-12,15-22H2,3-4H3/t26-,27-,28+,29+,30?,34?/m1/s1. The van der Waals surface area contributed by atoms with Gasteiger partial charge in [0.05, 0.1) is 30.6 Å². The fourth-order valence-electron chi connectivity index (χ4n) is 8.21. The minimum Gasteiger partial charge on any atom is -0.394 e. The van der Waals surface area contributed by atoms with Gasteiger partial charge in [0.15, 0.2) is 0 Å². The Hall–Kier alpha value is -2.97. The molecule has 1 aromatic rings. The van der Waals surface area contributed by atoms with Crippen LogP contribution < -0.4 is 4.90 Å². The largest absolute Gasteiger partial charge is 0.394 e. The number of anilines is 1. The Morgan fingerprint density at radius 3 is 2.38 bits per heavy atom. The molecule has 8 nitrogen and oxygen atoms in total.